The molecule has 0 heterocycles. The number of carbonyl (C=O) groups is 1. The summed E-state index contributed by atoms with van der Waals surface area (Å²) in [4.78, 5) is 11.1. The molecule has 1 aromatic carbocycles. The first-order chi connectivity index (χ1) is 6.25. The normalized spacial score (nSPS) is 12.1. The molecule has 0 aliphatic heterocycles. The second-order valence-electron chi connectivity index (χ2n) is 2.79. The highest BCUT2D eigenvalue weighted by Gasteiger charge is 2.15. The van der Waals surface area contributed by atoms with Crippen LogP contribution in [0.15, 0.2) is 43.0 Å². The van der Waals surface area contributed by atoms with Gasteiger partial charge < -0.3 is 0 Å². The Kier molecular flexibility index (Phi) is 3.71. The lowest BCUT2D eigenvalue weighted by molar-refractivity contribution is -0.112. The number of benzene rings is 1. The van der Waals surface area contributed by atoms with Crippen LogP contribution in [-0.4, -0.2) is 5.24 Å². The maximum atomic E-state index is 11.1. The predicted octanol–water partition coefficient (Wildman–Crippen LogP) is 3.11. The number of allylic oxidation sites excluding steroid dienone is 1. The van der Waals surface area contributed by atoms with Gasteiger partial charge >= 0.3 is 0 Å². The fourth-order valence-electron chi connectivity index (χ4n) is 1.21. The lowest BCUT2D eigenvalue weighted by Crippen LogP contribution is -2.05. The zero-order chi connectivity index (χ0) is 9.68. The summed E-state index contributed by atoms with van der Waals surface area (Å²) in [6, 6.07) is 9.49. The van der Waals surface area contributed by atoms with E-state index >= 15 is 0 Å². The molecule has 2 heteroatoms. The second kappa shape index (κ2) is 4.83. The van der Waals surface area contributed by atoms with Crippen molar-refractivity contribution in [2.45, 2.75) is 12.3 Å². The first kappa shape index (κ1) is 10.0. The van der Waals surface area contributed by atoms with Crippen LogP contribution in [0.5, 0.6) is 0 Å². The van der Waals surface area contributed by atoms with Crippen LogP contribution in [0.3, 0.4) is 0 Å². The average molecular weight is 195 g/mol. The quantitative estimate of drug-likeness (QED) is 0.532. The van der Waals surface area contributed by atoms with Gasteiger partial charge in [0.05, 0.1) is 5.92 Å². The lowest BCUT2D eigenvalue weighted by atomic mass is 9.97. The van der Waals surface area contributed by atoms with Crippen LogP contribution >= 0.6 is 11.6 Å². The van der Waals surface area contributed by atoms with E-state index < -0.39 is 0 Å². The molecule has 1 atom stereocenters. The molecule has 0 radical (unpaired) electrons. The maximum absolute atomic E-state index is 11.1. The van der Waals surface area contributed by atoms with Crippen LogP contribution in [0.4, 0.5) is 0 Å². The summed E-state index contributed by atoms with van der Waals surface area (Å²) in [5.74, 6) is -0.250. The van der Waals surface area contributed by atoms with Crippen molar-refractivity contribution in [1.29, 1.82) is 0 Å². The summed E-state index contributed by atoms with van der Waals surface area (Å²) in [6.07, 6.45) is 2.30. The third-order valence-electron chi connectivity index (χ3n) is 1.88. The van der Waals surface area contributed by atoms with Gasteiger partial charge in [-0.3, -0.25) is 4.79 Å². The Balaban J connectivity index is 2.88. The zero-order valence-electron chi connectivity index (χ0n) is 7.24. The van der Waals surface area contributed by atoms with Gasteiger partial charge in [-0.1, -0.05) is 36.4 Å². The molecule has 0 bridgehead atoms. The highest BCUT2D eigenvalue weighted by molar-refractivity contribution is 6.64. The number of rotatable bonds is 4. The number of carbonyl (C=O) groups excluding carboxylic acids is 1. The molecule has 0 aliphatic carbocycles. The van der Waals surface area contributed by atoms with Gasteiger partial charge in [0.15, 0.2) is 0 Å². The van der Waals surface area contributed by atoms with Gasteiger partial charge in [0, 0.05) is 0 Å². The Morgan fingerprint density at radius 3 is 2.54 bits per heavy atom. The monoisotopic (exact) mass is 194 g/mol. The number of hydrogen-bond acceptors (Lipinski definition) is 1. The van der Waals surface area contributed by atoms with Crippen molar-refractivity contribution < 1.29 is 4.79 Å². The van der Waals surface area contributed by atoms with Crippen molar-refractivity contribution in [3.05, 3.63) is 48.6 Å². The van der Waals surface area contributed by atoms with Crippen LogP contribution in [0.1, 0.15) is 17.9 Å². The van der Waals surface area contributed by atoms with Crippen molar-refractivity contribution in [2.75, 3.05) is 0 Å². The molecule has 0 aliphatic rings. The molecule has 0 amide bonds. The Hall–Kier alpha value is -1.08. The molecular weight excluding hydrogens is 184 g/mol. The minimum atomic E-state index is -0.328. The van der Waals surface area contributed by atoms with E-state index in [-0.39, 0.29) is 11.2 Å². The summed E-state index contributed by atoms with van der Waals surface area (Å²) >= 11 is 5.47. The van der Waals surface area contributed by atoms with Gasteiger partial charge in [0.25, 0.3) is 0 Å². The molecule has 0 aromatic heterocycles. The molecule has 0 N–H and O–H groups in total. The minimum absolute atomic E-state index is 0.250. The van der Waals surface area contributed by atoms with E-state index in [9.17, 15) is 4.79 Å². The Morgan fingerprint density at radius 2 is 2.08 bits per heavy atom. The van der Waals surface area contributed by atoms with Crippen molar-refractivity contribution in [3.63, 3.8) is 0 Å². The van der Waals surface area contributed by atoms with E-state index in [4.69, 9.17) is 11.6 Å². The molecule has 1 nitrogen and oxygen atoms in total. The van der Waals surface area contributed by atoms with E-state index in [1.165, 1.54) is 0 Å². The van der Waals surface area contributed by atoms with E-state index in [1.54, 1.807) is 6.08 Å². The summed E-state index contributed by atoms with van der Waals surface area (Å²) in [7, 11) is 0. The van der Waals surface area contributed by atoms with Crippen molar-refractivity contribution >= 4 is 16.8 Å². The second-order valence-corrected chi connectivity index (χ2v) is 3.16. The van der Waals surface area contributed by atoms with Gasteiger partial charge in [0.1, 0.15) is 0 Å². The highest BCUT2D eigenvalue weighted by Crippen LogP contribution is 2.22. The molecule has 1 rings (SSSR count). The van der Waals surface area contributed by atoms with Crippen LogP contribution in [0.25, 0.3) is 0 Å². The van der Waals surface area contributed by atoms with Gasteiger partial charge in [-0.25, -0.2) is 0 Å². The van der Waals surface area contributed by atoms with Crippen LogP contribution < -0.4 is 0 Å². The molecule has 0 saturated carbocycles. The van der Waals surface area contributed by atoms with Crippen molar-refractivity contribution in [2.24, 2.45) is 0 Å². The van der Waals surface area contributed by atoms with Crippen LogP contribution in [-0.2, 0) is 4.79 Å². The minimum Gasteiger partial charge on any atom is -0.281 e. The Morgan fingerprint density at radius 1 is 1.46 bits per heavy atom. The summed E-state index contributed by atoms with van der Waals surface area (Å²) in [5.41, 5.74) is 0.947. The zero-order valence-corrected chi connectivity index (χ0v) is 8.00. The predicted molar refractivity (Wildman–Crippen MR) is 54.9 cm³/mol. The Labute approximate surface area is 83.0 Å². The Bertz CT molecular complexity index is 292. The molecule has 0 spiro atoms. The van der Waals surface area contributed by atoms with E-state index in [0.717, 1.165) is 5.56 Å². The first-order valence-electron chi connectivity index (χ1n) is 4.11. The van der Waals surface area contributed by atoms with Gasteiger partial charge in [-0.05, 0) is 23.6 Å². The van der Waals surface area contributed by atoms with E-state index in [2.05, 4.69) is 6.58 Å². The van der Waals surface area contributed by atoms with Crippen molar-refractivity contribution in [1.82, 2.24) is 0 Å². The summed E-state index contributed by atoms with van der Waals surface area (Å²) in [5, 5.41) is -0.328. The summed E-state index contributed by atoms with van der Waals surface area (Å²) in [6.45, 7) is 3.60. The number of hydrogen-bond donors (Lipinski definition) is 0. The average Bonchev–Trinajstić information content (AvgIpc) is 2.15. The van der Waals surface area contributed by atoms with Crippen LogP contribution in [0, 0.1) is 0 Å². The lowest BCUT2D eigenvalue weighted by Gasteiger charge is -2.09. The maximum Gasteiger partial charge on any atom is 0.229 e. The van der Waals surface area contributed by atoms with Gasteiger partial charge in [0.2, 0.25) is 5.24 Å². The summed E-state index contributed by atoms with van der Waals surface area (Å²) < 4.78 is 0. The fourth-order valence-corrected chi connectivity index (χ4v) is 1.43. The van der Waals surface area contributed by atoms with Gasteiger partial charge in [-0.2, -0.15) is 0 Å². The topological polar surface area (TPSA) is 17.1 Å². The standard InChI is InChI=1S/C11H11ClO/c1-2-6-10(11(12)13)9-7-4-3-5-8-9/h2-5,7-8,10H,1,6H2/t10-/m0/s1. The van der Waals surface area contributed by atoms with E-state index in [0.29, 0.717) is 6.42 Å². The number of halogens is 1. The molecule has 13 heavy (non-hydrogen) atoms. The highest BCUT2D eigenvalue weighted by atomic mass is 35.5. The van der Waals surface area contributed by atoms with E-state index in [1.807, 2.05) is 30.3 Å². The molecular formula is C11H11ClO. The van der Waals surface area contributed by atoms with Crippen LogP contribution in [0.2, 0.25) is 0 Å². The first-order valence-corrected chi connectivity index (χ1v) is 4.48. The third-order valence-corrected chi connectivity index (χ3v) is 2.14. The fraction of sp³-hybridized carbons (Fsp3) is 0.182. The molecule has 0 unspecified atom stereocenters. The molecule has 0 fully saturated rings. The molecule has 0 saturated heterocycles. The SMILES string of the molecule is C=CC[C@H](C(=O)Cl)c1ccccc1. The van der Waals surface area contributed by atoms with Crippen molar-refractivity contribution in [3.8, 4) is 0 Å². The molecule has 68 valence electrons. The smallest absolute Gasteiger partial charge is 0.229 e. The third kappa shape index (κ3) is 2.71. The largest absolute Gasteiger partial charge is 0.281 e. The van der Waals surface area contributed by atoms with Gasteiger partial charge in [-0.15, -0.1) is 6.58 Å². The molecule has 1 aromatic rings.